The summed E-state index contributed by atoms with van der Waals surface area (Å²) >= 11 is 0. The van der Waals surface area contributed by atoms with Gasteiger partial charge in [0.1, 0.15) is 0 Å². The Morgan fingerprint density at radius 1 is 1.16 bits per heavy atom. The lowest BCUT2D eigenvalue weighted by molar-refractivity contribution is -0.223. The maximum absolute atomic E-state index is 11.4. The van der Waals surface area contributed by atoms with E-state index >= 15 is 0 Å². The van der Waals surface area contributed by atoms with Crippen LogP contribution in [0.15, 0.2) is 11.1 Å². The first-order chi connectivity index (χ1) is 8.88. The summed E-state index contributed by atoms with van der Waals surface area (Å²) in [5.41, 5.74) is -1.20. The van der Waals surface area contributed by atoms with Gasteiger partial charge in [-0.3, -0.25) is 0 Å². The van der Waals surface area contributed by atoms with Crippen LogP contribution in [0.2, 0.25) is 0 Å². The van der Waals surface area contributed by atoms with Gasteiger partial charge in [0.2, 0.25) is 0 Å². The minimum Gasteiger partial charge on any atom is -0.478 e. The Hall–Kier alpha value is -1.40. The molecule has 0 unspecified atom stereocenters. The third-order valence-electron chi connectivity index (χ3n) is 3.54. The van der Waals surface area contributed by atoms with Gasteiger partial charge in [0.15, 0.2) is 6.29 Å². The first-order valence-electron chi connectivity index (χ1n) is 6.29. The molecule has 0 aromatic carbocycles. The zero-order valence-electron chi connectivity index (χ0n) is 11.4. The molecule has 0 saturated carbocycles. The second-order valence-electron chi connectivity index (χ2n) is 4.70. The van der Waals surface area contributed by atoms with Gasteiger partial charge in [-0.1, -0.05) is 13.8 Å². The maximum atomic E-state index is 11.4. The van der Waals surface area contributed by atoms with Crippen molar-refractivity contribution in [3.8, 4) is 0 Å². The molecule has 0 radical (unpaired) electrons. The smallest absolute Gasteiger partial charge is 0.332 e. The van der Waals surface area contributed by atoms with E-state index in [0.717, 1.165) is 0 Å². The number of hydrogen-bond acceptors (Lipinski definition) is 4. The number of aliphatic carboxylic acids is 2. The fourth-order valence-electron chi connectivity index (χ4n) is 2.25. The van der Waals surface area contributed by atoms with Crippen LogP contribution in [-0.4, -0.2) is 41.7 Å². The molecule has 1 saturated heterocycles. The van der Waals surface area contributed by atoms with Crippen LogP contribution in [0.1, 0.15) is 33.6 Å². The number of ether oxygens (including phenoxy) is 2. The Morgan fingerprint density at radius 3 is 2.00 bits per heavy atom. The predicted octanol–water partition coefficient (Wildman–Crippen LogP) is 1.65. The molecule has 0 aromatic heterocycles. The molecule has 108 valence electrons. The van der Waals surface area contributed by atoms with Gasteiger partial charge in [0, 0.05) is 11.0 Å². The average Bonchev–Trinajstić information content (AvgIpc) is 2.39. The molecule has 0 aromatic rings. The maximum Gasteiger partial charge on any atom is 0.332 e. The van der Waals surface area contributed by atoms with Crippen molar-refractivity contribution < 1.29 is 29.3 Å². The van der Waals surface area contributed by atoms with Crippen molar-refractivity contribution in [2.75, 3.05) is 13.2 Å². The van der Waals surface area contributed by atoms with Crippen LogP contribution >= 0.6 is 0 Å². The van der Waals surface area contributed by atoms with E-state index in [1.54, 1.807) is 6.92 Å². The minimum atomic E-state index is -1.23. The van der Waals surface area contributed by atoms with Gasteiger partial charge >= 0.3 is 11.9 Å². The van der Waals surface area contributed by atoms with Crippen molar-refractivity contribution in [2.45, 2.75) is 39.9 Å². The molecule has 1 rings (SSSR count). The molecule has 2 N–H and O–H groups in total. The SMILES string of the molecule is CCC1OCC(CC)(C(C(=O)O)=C(C)C(=O)O)CO1. The second-order valence-corrected chi connectivity index (χ2v) is 4.70. The summed E-state index contributed by atoms with van der Waals surface area (Å²) in [6.07, 6.45) is 0.763. The van der Waals surface area contributed by atoms with Gasteiger partial charge in [-0.15, -0.1) is 0 Å². The molecule has 0 bridgehead atoms. The highest BCUT2D eigenvalue weighted by atomic mass is 16.7. The average molecular weight is 272 g/mol. The summed E-state index contributed by atoms with van der Waals surface area (Å²) < 4.78 is 11.0. The van der Waals surface area contributed by atoms with Crippen molar-refractivity contribution in [1.29, 1.82) is 0 Å². The largest absolute Gasteiger partial charge is 0.478 e. The van der Waals surface area contributed by atoms with Crippen molar-refractivity contribution >= 4 is 11.9 Å². The van der Waals surface area contributed by atoms with Crippen LogP contribution in [0.25, 0.3) is 0 Å². The van der Waals surface area contributed by atoms with Gasteiger partial charge in [0.05, 0.1) is 18.8 Å². The highest BCUT2D eigenvalue weighted by Gasteiger charge is 2.43. The molecule has 19 heavy (non-hydrogen) atoms. The van der Waals surface area contributed by atoms with Crippen LogP contribution in [0.5, 0.6) is 0 Å². The molecule has 6 nitrogen and oxygen atoms in total. The zero-order valence-corrected chi connectivity index (χ0v) is 11.4. The molecule has 1 aliphatic rings. The van der Waals surface area contributed by atoms with Gasteiger partial charge in [-0.2, -0.15) is 0 Å². The van der Waals surface area contributed by atoms with E-state index in [0.29, 0.717) is 12.8 Å². The first kappa shape index (κ1) is 15.7. The van der Waals surface area contributed by atoms with Crippen molar-refractivity contribution in [1.82, 2.24) is 0 Å². The molecule has 6 heteroatoms. The first-order valence-corrected chi connectivity index (χ1v) is 6.29. The summed E-state index contributed by atoms with van der Waals surface area (Å²) in [7, 11) is 0. The molecule has 0 aliphatic carbocycles. The summed E-state index contributed by atoms with van der Waals surface area (Å²) in [6.45, 7) is 5.33. The normalized spacial score (nSPS) is 28.7. The number of carboxylic acids is 2. The lowest BCUT2D eigenvalue weighted by Crippen LogP contribution is -2.45. The summed E-state index contributed by atoms with van der Waals surface area (Å²) in [5.74, 6) is -2.47. The molecular weight excluding hydrogens is 252 g/mol. The van der Waals surface area contributed by atoms with E-state index in [9.17, 15) is 14.7 Å². The van der Waals surface area contributed by atoms with Gasteiger partial charge in [-0.25, -0.2) is 9.59 Å². The summed E-state index contributed by atoms with van der Waals surface area (Å²) in [6, 6.07) is 0. The third kappa shape index (κ3) is 3.13. The Kier molecular flexibility index (Phi) is 5.08. The fourth-order valence-corrected chi connectivity index (χ4v) is 2.25. The fraction of sp³-hybridized carbons (Fsp3) is 0.692. The summed E-state index contributed by atoms with van der Waals surface area (Å²) in [4.78, 5) is 22.5. The second kappa shape index (κ2) is 6.16. The van der Waals surface area contributed by atoms with E-state index in [-0.39, 0.29) is 30.6 Å². The predicted molar refractivity (Wildman–Crippen MR) is 66.7 cm³/mol. The number of carboxylic acid groups (broad SMARTS) is 2. The van der Waals surface area contributed by atoms with Crippen LogP contribution in [0.3, 0.4) is 0 Å². The van der Waals surface area contributed by atoms with Crippen LogP contribution in [-0.2, 0) is 19.1 Å². The molecule has 1 aliphatic heterocycles. The summed E-state index contributed by atoms with van der Waals surface area (Å²) in [5, 5.41) is 18.4. The van der Waals surface area contributed by atoms with E-state index in [4.69, 9.17) is 14.6 Å². The molecule has 0 amide bonds. The monoisotopic (exact) mass is 272 g/mol. The lowest BCUT2D eigenvalue weighted by Gasteiger charge is -2.40. The zero-order chi connectivity index (χ0) is 14.6. The van der Waals surface area contributed by atoms with Gasteiger partial charge < -0.3 is 19.7 Å². The van der Waals surface area contributed by atoms with E-state index in [1.807, 2.05) is 6.92 Å². The Morgan fingerprint density at radius 2 is 1.68 bits per heavy atom. The quantitative estimate of drug-likeness (QED) is 0.739. The minimum absolute atomic E-state index is 0.128. The Bertz CT molecular complexity index is 390. The van der Waals surface area contributed by atoms with Gasteiger partial charge in [0.25, 0.3) is 0 Å². The van der Waals surface area contributed by atoms with Crippen molar-refractivity contribution in [3.05, 3.63) is 11.1 Å². The molecule has 1 heterocycles. The molecular formula is C13H20O6. The van der Waals surface area contributed by atoms with E-state index in [1.165, 1.54) is 6.92 Å². The van der Waals surface area contributed by atoms with E-state index < -0.39 is 17.4 Å². The third-order valence-corrected chi connectivity index (χ3v) is 3.54. The van der Waals surface area contributed by atoms with Crippen molar-refractivity contribution in [2.24, 2.45) is 5.41 Å². The molecule has 0 spiro atoms. The Balaban J connectivity index is 3.16. The number of carbonyl (C=O) groups is 2. The number of rotatable bonds is 5. The van der Waals surface area contributed by atoms with Crippen LogP contribution in [0, 0.1) is 5.41 Å². The van der Waals surface area contributed by atoms with Gasteiger partial charge in [-0.05, 0) is 19.8 Å². The lowest BCUT2D eigenvalue weighted by atomic mass is 9.76. The van der Waals surface area contributed by atoms with Crippen molar-refractivity contribution in [3.63, 3.8) is 0 Å². The van der Waals surface area contributed by atoms with E-state index in [2.05, 4.69) is 0 Å². The highest BCUT2D eigenvalue weighted by molar-refractivity contribution is 5.99. The standard InChI is InChI=1S/C13H20O6/c1-4-9-18-6-13(5-2,7-19-9)10(12(16)17)8(3)11(14)15/h9H,4-7H2,1-3H3,(H,14,15)(H,16,17). The molecule has 1 fully saturated rings. The molecule has 0 atom stereocenters. The van der Waals surface area contributed by atoms with Crippen LogP contribution in [0.4, 0.5) is 0 Å². The number of hydrogen-bond donors (Lipinski definition) is 2. The van der Waals surface area contributed by atoms with Crippen LogP contribution < -0.4 is 0 Å². The highest BCUT2D eigenvalue weighted by Crippen LogP contribution is 2.38. The Labute approximate surface area is 112 Å². The topological polar surface area (TPSA) is 93.1 Å².